The molecule has 6 rings (SSSR count). The second kappa shape index (κ2) is 8.87. The van der Waals surface area contributed by atoms with Gasteiger partial charge in [0.1, 0.15) is 11.5 Å². The highest BCUT2D eigenvalue weighted by Crippen LogP contribution is 2.63. The summed E-state index contributed by atoms with van der Waals surface area (Å²) in [5.74, 6) is 0.195. The van der Waals surface area contributed by atoms with Crippen LogP contribution in [0.5, 0.6) is 11.5 Å². The lowest BCUT2D eigenvalue weighted by molar-refractivity contribution is 0.0725. The van der Waals surface area contributed by atoms with Gasteiger partial charge in [0, 0.05) is 30.2 Å². The van der Waals surface area contributed by atoms with Crippen LogP contribution in [0.25, 0.3) is 0 Å². The first-order valence-corrected chi connectivity index (χ1v) is 13.1. The molecule has 0 N–H and O–H groups in total. The standard InChI is InChI=1S/C33H30N2O4/c1-31(2)19-33(27-17-23(5-7-25(27)31)38-29(36)21-9-13-34-14-10-21)20-32(3,4)26-8-6-24(18-28(26)33)39-30(37)22-11-15-35-16-12-22/h5-18H,19-20H2,1-4H3. The van der Waals surface area contributed by atoms with Gasteiger partial charge in [0.25, 0.3) is 0 Å². The Kier molecular flexibility index (Phi) is 5.68. The zero-order valence-electron chi connectivity index (χ0n) is 22.5. The van der Waals surface area contributed by atoms with Crippen molar-refractivity contribution in [3.63, 3.8) is 0 Å². The predicted molar refractivity (Wildman–Crippen MR) is 147 cm³/mol. The molecule has 0 radical (unpaired) electrons. The van der Waals surface area contributed by atoms with E-state index in [4.69, 9.17) is 9.47 Å². The number of carbonyl (C=O) groups is 2. The average Bonchev–Trinajstić information content (AvgIpc) is 3.28. The maximum Gasteiger partial charge on any atom is 0.343 e. The molecule has 0 amide bonds. The van der Waals surface area contributed by atoms with Crippen molar-refractivity contribution in [1.29, 1.82) is 0 Å². The number of carbonyl (C=O) groups excluding carboxylic acids is 2. The number of fused-ring (bicyclic) bond motifs is 4. The van der Waals surface area contributed by atoms with Crippen molar-refractivity contribution in [1.82, 2.24) is 9.97 Å². The van der Waals surface area contributed by atoms with Crippen molar-refractivity contribution in [2.24, 2.45) is 0 Å². The molecule has 2 aliphatic carbocycles. The summed E-state index contributed by atoms with van der Waals surface area (Å²) in [4.78, 5) is 33.6. The molecule has 0 atom stereocenters. The minimum Gasteiger partial charge on any atom is -0.423 e. The molecule has 6 nitrogen and oxygen atoms in total. The van der Waals surface area contributed by atoms with Gasteiger partial charge < -0.3 is 9.47 Å². The molecule has 6 heteroatoms. The quantitative estimate of drug-likeness (QED) is 0.225. The van der Waals surface area contributed by atoms with Crippen LogP contribution in [-0.4, -0.2) is 21.9 Å². The molecule has 0 saturated carbocycles. The molecule has 4 aromatic rings. The van der Waals surface area contributed by atoms with Gasteiger partial charge in [-0.1, -0.05) is 39.8 Å². The largest absolute Gasteiger partial charge is 0.423 e. The average molecular weight is 519 g/mol. The summed E-state index contributed by atoms with van der Waals surface area (Å²) in [5.41, 5.74) is 5.23. The number of benzene rings is 2. The molecular weight excluding hydrogens is 488 g/mol. The SMILES string of the molecule is CC1(C)CC2(CC(C)(C)c3ccc(OC(=O)c4ccncc4)cc32)c2cc(OC(=O)c3ccncc3)ccc21. The van der Waals surface area contributed by atoms with Crippen molar-refractivity contribution in [3.05, 3.63) is 119 Å². The molecule has 0 unspecified atom stereocenters. The maximum atomic E-state index is 12.8. The lowest BCUT2D eigenvalue weighted by Gasteiger charge is -2.30. The second-order valence-electron chi connectivity index (χ2n) is 11.9. The molecule has 2 aromatic carbocycles. The van der Waals surface area contributed by atoms with E-state index < -0.39 is 11.9 Å². The monoisotopic (exact) mass is 518 g/mol. The maximum absolute atomic E-state index is 12.8. The van der Waals surface area contributed by atoms with Gasteiger partial charge in [-0.15, -0.1) is 0 Å². The Morgan fingerprint density at radius 2 is 0.974 bits per heavy atom. The summed E-state index contributed by atoms with van der Waals surface area (Å²) in [6, 6.07) is 18.6. The van der Waals surface area contributed by atoms with Crippen LogP contribution in [0.1, 0.15) is 83.5 Å². The zero-order valence-corrected chi connectivity index (χ0v) is 22.5. The van der Waals surface area contributed by atoms with Crippen LogP contribution in [0, 0.1) is 0 Å². The van der Waals surface area contributed by atoms with Crippen LogP contribution in [0.3, 0.4) is 0 Å². The number of hydrogen-bond acceptors (Lipinski definition) is 6. The van der Waals surface area contributed by atoms with Crippen LogP contribution >= 0.6 is 0 Å². The highest BCUT2D eigenvalue weighted by atomic mass is 16.5. The fourth-order valence-corrected chi connectivity index (χ4v) is 6.74. The smallest absolute Gasteiger partial charge is 0.343 e. The lowest BCUT2D eigenvalue weighted by Crippen LogP contribution is -2.27. The Morgan fingerprint density at radius 3 is 1.36 bits per heavy atom. The molecule has 0 bridgehead atoms. The van der Waals surface area contributed by atoms with E-state index in [-0.39, 0.29) is 16.2 Å². The van der Waals surface area contributed by atoms with Crippen molar-refractivity contribution in [2.45, 2.75) is 56.8 Å². The number of rotatable bonds is 4. The first-order chi connectivity index (χ1) is 18.6. The minimum absolute atomic E-state index is 0.0929. The summed E-state index contributed by atoms with van der Waals surface area (Å²) in [6.07, 6.45) is 8.10. The summed E-state index contributed by atoms with van der Waals surface area (Å²) in [5, 5.41) is 0. The molecule has 2 aliphatic rings. The van der Waals surface area contributed by atoms with E-state index in [1.54, 1.807) is 49.1 Å². The summed E-state index contributed by atoms with van der Waals surface area (Å²) >= 11 is 0. The van der Waals surface area contributed by atoms with Gasteiger partial charge >= 0.3 is 11.9 Å². The molecule has 1 spiro atoms. The molecule has 39 heavy (non-hydrogen) atoms. The van der Waals surface area contributed by atoms with Gasteiger partial charge in [-0.2, -0.15) is 0 Å². The predicted octanol–water partition coefficient (Wildman–Crippen LogP) is 6.56. The van der Waals surface area contributed by atoms with Gasteiger partial charge in [0.2, 0.25) is 0 Å². The Labute approximate surface area is 228 Å². The van der Waals surface area contributed by atoms with E-state index >= 15 is 0 Å². The van der Waals surface area contributed by atoms with Gasteiger partial charge in [-0.25, -0.2) is 9.59 Å². The third-order valence-corrected chi connectivity index (χ3v) is 8.21. The summed E-state index contributed by atoms with van der Waals surface area (Å²) in [6.45, 7) is 9.06. The van der Waals surface area contributed by atoms with Crippen LogP contribution in [0.2, 0.25) is 0 Å². The van der Waals surface area contributed by atoms with E-state index in [9.17, 15) is 9.59 Å². The molecule has 0 fully saturated rings. The third-order valence-electron chi connectivity index (χ3n) is 8.21. The van der Waals surface area contributed by atoms with Crippen molar-refractivity contribution >= 4 is 11.9 Å². The number of aromatic nitrogens is 2. The molecule has 0 saturated heterocycles. The van der Waals surface area contributed by atoms with Crippen molar-refractivity contribution in [3.8, 4) is 11.5 Å². The highest BCUT2D eigenvalue weighted by molar-refractivity contribution is 5.91. The van der Waals surface area contributed by atoms with Crippen LogP contribution in [0.15, 0.2) is 85.5 Å². The van der Waals surface area contributed by atoms with Crippen LogP contribution in [-0.2, 0) is 16.2 Å². The first-order valence-electron chi connectivity index (χ1n) is 13.1. The normalized spacial score (nSPS) is 17.3. The topological polar surface area (TPSA) is 78.4 Å². The zero-order chi connectivity index (χ0) is 27.4. The van der Waals surface area contributed by atoms with E-state index in [2.05, 4.69) is 49.8 Å². The van der Waals surface area contributed by atoms with Crippen LogP contribution in [0.4, 0.5) is 0 Å². The molecule has 2 heterocycles. The van der Waals surface area contributed by atoms with Gasteiger partial charge in [-0.3, -0.25) is 9.97 Å². The lowest BCUT2D eigenvalue weighted by atomic mass is 9.72. The first kappa shape index (κ1) is 25.0. The van der Waals surface area contributed by atoms with Crippen molar-refractivity contribution in [2.75, 3.05) is 0 Å². The van der Waals surface area contributed by atoms with E-state index in [1.165, 1.54) is 11.1 Å². The van der Waals surface area contributed by atoms with Gasteiger partial charge in [0.05, 0.1) is 11.1 Å². The Balaban J connectivity index is 1.41. The van der Waals surface area contributed by atoms with Crippen molar-refractivity contribution < 1.29 is 19.1 Å². The van der Waals surface area contributed by atoms with Gasteiger partial charge in [0.15, 0.2) is 0 Å². The minimum atomic E-state index is -0.416. The molecular formula is C33H30N2O4. The number of nitrogens with zero attached hydrogens (tertiary/aromatic N) is 2. The number of esters is 2. The fourth-order valence-electron chi connectivity index (χ4n) is 6.74. The number of hydrogen-bond donors (Lipinski definition) is 0. The highest BCUT2D eigenvalue weighted by Gasteiger charge is 2.56. The summed E-state index contributed by atoms with van der Waals surface area (Å²) in [7, 11) is 0. The summed E-state index contributed by atoms with van der Waals surface area (Å²) < 4.78 is 11.6. The fraction of sp³-hybridized carbons (Fsp3) is 0.273. The third kappa shape index (κ3) is 4.20. The van der Waals surface area contributed by atoms with E-state index in [1.807, 2.05) is 24.3 Å². The van der Waals surface area contributed by atoms with E-state index in [0.29, 0.717) is 22.6 Å². The number of ether oxygens (including phenoxy) is 2. The Hall–Kier alpha value is -4.32. The molecule has 0 aliphatic heterocycles. The molecule has 2 aromatic heterocycles. The van der Waals surface area contributed by atoms with E-state index in [0.717, 1.165) is 24.0 Å². The molecule has 196 valence electrons. The van der Waals surface area contributed by atoms with Crippen LogP contribution < -0.4 is 9.47 Å². The second-order valence-corrected chi connectivity index (χ2v) is 11.9. The Bertz CT molecular complexity index is 1470. The van der Waals surface area contributed by atoms with Gasteiger partial charge in [-0.05, 0) is 94.5 Å². The number of pyridine rings is 2. The Morgan fingerprint density at radius 1 is 0.590 bits per heavy atom.